The van der Waals surface area contributed by atoms with Gasteiger partial charge in [0.15, 0.2) is 5.89 Å². The molecule has 1 saturated heterocycles. The third-order valence-corrected chi connectivity index (χ3v) is 6.94. The summed E-state index contributed by atoms with van der Waals surface area (Å²) in [6, 6.07) is 5.71. The first kappa shape index (κ1) is 24.5. The van der Waals surface area contributed by atoms with Crippen LogP contribution in [0.3, 0.4) is 0 Å². The zero-order chi connectivity index (χ0) is 25.6. The Labute approximate surface area is 215 Å². The average Bonchev–Trinajstić information content (AvgIpc) is 3.40. The van der Waals surface area contributed by atoms with E-state index in [-0.39, 0.29) is 11.3 Å². The monoisotopic (exact) mass is 506 g/mol. The number of amides is 1. The molecule has 1 aromatic carbocycles. The summed E-state index contributed by atoms with van der Waals surface area (Å²) in [5.41, 5.74) is 4.01. The molecule has 0 atom stereocenters. The SMILES string of the molecule is Cc1nc(CN2CCN(C(=O)c3cc4c(-c5ccnc(C(C)(C)C)n5)cn(C)c4cc3Cl)CC2)co1. The number of hydrogen-bond donors (Lipinski definition) is 0. The van der Waals surface area contributed by atoms with Gasteiger partial charge < -0.3 is 13.9 Å². The van der Waals surface area contributed by atoms with Crippen LogP contribution in [-0.4, -0.2) is 61.4 Å². The van der Waals surface area contributed by atoms with Crippen molar-refractivity contribution in [3.63, 3.8) is 0 Å². The van der Waals surface area contributed by atoms with Gasteiger partial charge in [0.05, 0.1) is 22.0 Å². The highest BCUT2D eigenvalue weighted by atomic mass is 35.5. The number of rotatable bonds is 4. The van der Waals surface area contributed by atoms with Gasteiger partial charge in [0.2, 0.25) is 0 Å². The molecule has 1 aliphatic rings. The third kappa shape index (κ3) is 4.75. The van der Waals surface area contributed by atoms with E-state index < -0.39 is 0 Å². The fourth-order valence-corrected chi connectivity index (χ4v) is 4.87. The minimum absolute atomic E-state index is 0.0494. The molecule has 0 aliphatic carbocycles. The normalized spacial score (nSPS) is 15.1. The van der Waals surface area contributed by atoms with Crippen molar-refractivity contribution in [3.8, 4) is 11.3 Å². The highest BCUT2D eigenvalue weighted by Crippen LogP contribution is 2.34. The average molecular weight is 507 g/mol. The summed E-state index contributed by atoms with van der Waals surface area (Å²) in [5, 5.41) is 1.41. The summed E-state index contributed by atoms with van der Waals surface area (Å²) in [7, 11) is 1.98. The number of carbonyl (C=O) groups is 1. The van der Waals surface area contributed by atoms with Gasteiger partial charge in [0.25, 0.3) is 5.91 Å². The molecule has 4 aromatic rings. The molecule has 0 saturated carbocycles. The Morgan fingerprint density at radius 3 is 2.56 bits per heavy atom. The van der Waals surface area contributed by atoms with Crippen molar-refractivity contribution < 1.29 is 9.21 Å². The van der Waals surface area contributed by atoms with Gasteiger partial charge >= 0.3 is 0 Å². The van der Waals surface area contributed by atoms with Crippen LogP contribution in [0.1, 0.15) is 48.5 Å². The van der Waals surface area contributed by atoms with Crippen LogP contribution in [0.5, 0.6) is 0 Å². The minimum atomic E-state index is -0.167. The molecule has 1 fully saturated rings. The molecule has 188 valence electrons. The van der Waals surface area contributed by atoms with Crippen molar-refractivity contribution in [2.45, 2.75) is 39.7 Å². The molecule has 1 aliphatic heterocycles. The van der Waals surface area contributed by atoms with E-state index in [2.05, 4.69) is 35.6 Å². The molecule has 5 rings (SSSR count). The molecular weight excluding hydrogens is 476 g/mol. The molecule has 0 N–H and O–H groups in total. The largest absolute Gasteiger partial charge is 0.449 e. The van der Waals surface area contributed by atoms with Crippen LogP contribution < -0.4 is 0 Å². The van der Waals surface area contributed by atoms with Crippen molar-refractivity contribution in [2.24, 2.45) is 7.05 Å². The van der Waals surface area contributed by atoms with Gasteiger partial charge in [-0.25, -0.2) is 15.0 Å². The Balaban J connectivity index is 1.40. The molecule has 4 heterocycles. The van der Waals surface area contributed by atoms with Gasteiger partial charge in [0.1, 0.15) is 12.1 Å². The maximum atomic E-state index is 13.5. The van der Waals surface area contributed by atoms with Crippen molar-refractivity contribution in [1.29, 1.82) is 0 Å². The summed E-state index contributed by atoms with van der Waals surface area (Å²) >= 11 is 6.65. The second-order valence-corrected chi connectivity index (χ2v) is 10.9. The first-order valence-corrected chi connectivity index (χ1v) is 12.5. The van der Waals surface area contributed by atoms with Crippen LogP contribution in [0, 0.1) is 6.92 Å². The second-order valence-electron chi connectivity index (χ2n) is 10.4. The minimum Gasteiger partial charge on any atom is -0.449 e. The molecule has 0 bridgehead atoms. The Bertz CT molecular complexity index is 1430. The van der Waals surface area contributed by atoms with Gasteiger partial charge in [-0.1, -0.05) is 32.4 Å². The molecule has 1 amide bonds. The Morgan fingerprint density at radius 2 is 1.89 bits per heavy atom. The zero-order valence-electron chi connectivity index (χ0n) is 21.4. The van der Waals surface area contributed by atoms with Crippen molar-refractivity contribution in [2.75, 3.05) is 26.2 Å². The predicted octanol–water partition coefficient (Wildman–Crippen LogP) is 4.84. The maximum Gasteiger partial charge on any atom is 0.255 e. The Kier molecular flexibility index (Phi) is 6.34. The lowest BCUT2D eigenvalue weighted by Gasteiger charge is -2.34. The van der Waals surface area contributed by atoms with E-state index in [1.807, 2.05) is 47.8 Å². The van der Waals surface area contributed by atoms with Gasteiger partial charge in [-0.2, -0.15) is 0 Å². The Hall–Kier alpha value is -3.23. The molecule has 8 nitrogen and oxygen atoms in total. The molecule has 3 aromatic heterocycles. The van der Waals surface area contributed by atoms with Gasteiger partial charge in [-0.3, -0.25) is 9.69 Å². The number of halogens is 1. The lowest BCUT2D eigenvalue weighted by Crippen LogP contribution is -2.48. The van der Waals surface area contributed by atoms with Crippen LogP contribution in [-0.2, 0) is 19.0 Å². The van der Waals surface area contributed by atoms with E-state index in [1.54, 1.807) is 12.5 Å². The maximum absolute atomic E-state index is 13.5. The van der Waals surface area contributed by atoms with Crippen molar-refractivity contribution in [1.82, 2.24) is 29.3 Å². The van der Waals surface area contributed by atoms with Crippen LogP contribution in [0.2, 0.25) is 5.02 Å². The fraction of sp³-hybridized carbons (Fsp3) is 0.407. The van der Waals surface area contributed by atoms with Gasteiger partial charge in [-0.05, 0) is 18.2 Å². The lowest BCUT2D eigenvalue weighted by atomic mass is 9.95. The number of aryl methyl sites for hydroxylation is 2. The first-order chi connectivity index (χ1) is 17.1. The van der Waals surface area contributed by atoms with E-state index in [0.717, 1.165) is 53.3 Å². The van der Waals surface area contributed by atoms with E-state index in [4.69, 9.17) is 21.0 Å². The smallest absolute Gasteiger partial charge is 0.255 e. The standard InChI is InChI=1S/C27H31ClN6O2/c1-17-30-18(16-36-17)14-33-8-10-34(11-9-33)25(35)20-12-19-21(15-32(5)24(19)13-22(20)28)23-6-7-29-26(31-23)27(2,3)4/h6-7,12-13,15-16H,8-11,14H2,1-5H3. The Morgan fingerprint density at radius 1 is 1.14 bits per heavy atom. The molecule has 9 heteroatoms. The van der Waals surface area contributed by atoms with E-state index in [0.29, 0.717) is 29.6 Å². The topological polar surface area (TPSA) is 80.3 Å². The second kappa shape index (κ2) is 9.33. The summed E-state index contributed by atoms with van der Waals surface area (Å²) in [6.07, 6.45) is 5.53. The third-order valence-electron chi connectivity index (χ3n) is 6.62. The highest BCUT2D eigenvalue weighted by molar-refractivity contribution is 6.34. The van der Waals surface area contributed by atoms with Crippen molar-refractivity contribution in [3.05, 3.63) is 64.9 Å². The molecule has 0 radical (unpaired) electrons. The van der Waals surface area contributed by atoms with E-state index in [1.165, 1.54) is 0 Å². The first-order valence-electron chi connectivity index (χ1n) is 12.2. The fourth-order valence-electron chi connectivity index (χ4n) is 4.63. The summed E-state index contributed by atoms with van der Waals surface area (Å²) in [4.78, 5) is 31.4. The number of oxazole rings is 1. The molecular formula is C27H31ClN6O2. The number of nitrogens with zero attached hydrogens (tertiary/aromatic N) is 6. The summed E-state index contributed by atoms with van der Waals surface area (Å²) < 4.78 is 7.33. The number of benzene rings is 1. The number of carbonyl (C=O) groups excluding carboxylic acids is 1. The van der Waals surface area contributed by atoms with Gasteiger partial charge in [0, 0.05) is 81.0 Å². The lowest BCUT2D eigenvalue weighted by molar-refractivity contribution is 0.0627. The molecule has 0 spiro atoms. The van der Waals surface area contributed by atoms with Crippen LogP contribution in [0.25, 0.3) is 22.2 Å². The summed E-state index contributed by atoms with van der Waals surface area (Å²) in [6.45, 7) is 11.6. The molecule has 0 unspecified atom stereocenters. The van der Waals surface area contributed by atoms with Crippen LogP contribution in [0.4, 0.5) is 0 Å². The quantitative estimate of drug-likeness (QED) is 0.394. The van der Waals surface area contributed by atoms with Crippen molar-refractivity contribution >= 4 is 28.4 Å². The predicted molar refractivity (Wildman–Crippen MR) is 140 cm³/mol. The van der Waals surface area contributed by atoms with E-state index >= 15 is 0 Å². The number of hydrogen-bond acceptors (Lipinski definition) is 6. The van der Waals surface area contributed by atoms with Crippen LogP contribution >= 0.6 is 11.6 Å². The zero-order valence-corrected chi connectivity index (χ0v) is 22.1. The number of aromatic nitrogens is 4. The summed E-state index contributed by atoms with van der Waals surface area (Å²) in [5.74, 6) is 1.40. The van der Waals surface area contributed by atoms with E-state index in [9.17, 15) is 4.79 Å². The number of piperazine rings is 1. The molecule has 36 heavy (non-hydrogen) atoms. The number of fused-ring (bicyclic) bond motifs is 1. The van der Waals surface area contributed by atoms with Gasteiger partial charge in [-0.15, -0.1) is 0 Å². The highest BCUT2D eigenvalue weighted by Gasteiger charge is 2.26. The van der Waals surface area contributed by atoms with Crippen LogP contribution in [0.15, 0.2) is 41.3 Å².